The number of rotatable bonds is 7. The minimum Gasteiger partial charge on any atom is -0.467 e. The normalized spacial score (nSPS) is 12.9. The molecule has 0 heterocycles. The number of carbonyl (C=O) groups excluding carboxylic acids is 3. The first kappa shape index (κ1) is 19.7. The van der Waals surface area contributed by atoms with Crippen LogP contribution in [0.4, 0.5) is 0 Å². The minimum atomic E-state index is -0.757. The minimum absolute atomic E-state index is 0.0866. The molecule has 0 saturated carbocycles. The lowest BCUT2D eigenvalue weighted by atomic mass is 9.99. The molecular weight excluding hydrogens is 310 g/mol. The third-order valence-electron chi connectivity index (χ3n) is 3.92. The summed E-state index contributed by atoms with van der Waals surface area (Å²) in [5.74, 6) is -1.71. The van der Waals surface area contributed by atoms with E-state index in [9.17, 15) is 14.4 Å². The lowest BCUT2D eigenvalue weighted by molar-refractivity contribution is -0.147. The van der Waals surface area contributed by atoms with Gasteiger partial charge in [-0.1, -0.05) is 38.0 Å². The van der Waals surface area contributed by atoms with Crippen molar-refractivity contribution in [1.29, 1.82) is 0 Å². The van der Waals surface area contributed by atoms with Crippen LogP contribution in [-0.2, 0) is 19.1 Å². The first-order valence-electron chi connectivity index (χ1n) is 7.91. The number of aryl methyl sites for hydroxylation is 2. The molecule has 6 nitrogen and oxygen atoms in total. The molecule has 0 aliphatic carbocycles. The van der Waals surface area contributed by atoms with E-state index >= 15 is 0 Å². The van der Waals surface area contributed by atoms with Gasteiger partial charge in [0, 0.05) is 0 Å². The molecule has 1 N–H and O–H groups in total. The van der Waals surface area contributed by atoms with Crippen LogP contribution in [0.2, 0.25) is 0 Å². The maximum absolute atomic E-state index is 12.1. The molecular formula is C18H25NO5. The van der Waals surface area contributed by atoms with Crippen LogP contribution in [0, 0.1) is 19.8 Å². The molecule has 0 aliphatic heterocycles. The van der Waals surface area contributed by atoms with Gasteiger partial charge in [-0.3, -0.25) is 4.79 Å². The Bertz CT molecular complexity index is 611. The molecule has 0 radical (unpaired) electrons. The lowest BCUT2D eigenvalue weighted by Gasteiger charge is -2.21. The SMILES string of the molecule is CC[C@H](C)[C@H](NC(=O)COC(=O)c1ccc(C)cc1C)C(=O)OC. The highest BCUT2D eigenvalue weighted by Gasteiger charge is 2.27. The zero-order valence-electron chi connectivity index (χ0n) is 14.8. The molecule has 132 valence electrons. The van der Waals surface area contributed by atoms with Crippen molar-refractivity contribution in [3.8, 4) is 0 Å². The van der Waals surface area contributed by atoms with Crippen LogP contribution >= 0.6 is 0 Å². The van der Waals surface area contributed by atoms with Crippen molar-refractivity contribution >= 4 is 17.8 Å². The summed E-state index contributed by atoms with van der Waals surface area (Å²) in [6.07, 6.45) is 0.697. The van der Waals surface area contributed by atoms with Crippen molar-refractivity contribution in [3.05, 3.63) is 34.9 Å². The molecule has 0 unspecified atom stereocenters. The summed E-state index contributed by atoms with van der Waals surface area (Å²) in [7, 11) is 1.27. The third-order valence-corrected chi connectivity index (χ3v) is 3.92. The number of methoxy groups -OCH3 is 1. The predicted molar refractivity (Wildman–Crippen MR) is 89.6 cm³/mol. The standard InChI is InChI=1S/C18H25NO5/c1-6-12(3)16(18(22)23-5)19-15(20)10-24-17(21)14-8-7-11(2)9-13(14)4/h7-9,12,16H,6,10H2,1-5H3,(H,19,20)/t12-,16-/m0/s1. The fourth-order valence-electron chi connectivity index (χ4n) is 2.26. The van der Waals surface area contributed by atoms with Gasteiger partial charge in [-0.2, -0.15) is 0 Å². The molecule has 0 aliphatic rings. The number of esters is 2. The molecule has 1 aromatic rings. The van der Waals surface area contributed by atoms with Gasteiger partial charge < -0.3 is 14.8 Å². The molecule has 1 rings (SSSR count). The van der Waals surface area contributed by atoms with Crippen molar-refractivity contribution < 1.29 is 23.9 Å². The molecule has 1 aromatic carbocycles. The summed E-state index contributed by atoms with van der Waals surface area (Å²) in [6.45, 7) is 7.03. The number of hydrogen-bond acceptors (Lipinski definition) is 5. The number of hydrogen-bond donors (Lipinski definition) is 1. The number of carbonyl (C=O) groups is 3. The van der Waals surface area contributed by atoms with Crippen molar-refractivity contribution in [2.24, 2.45) is 5.92 Å². The van der Waals surface area contributed by atoms with Crippen molar-refractivity contribution in [2.45, 2.75) is 40.2 Å². The number of amides is 1. The van der Waals surface area contributed by atoms with Crippen molar-refractivity contribution in [1.82, 2.24) is 5.32 Å². The van der Waals surface area contributed by atoms with Gasteiger partial charge in [-0.05, 0) is 31.4 Å². The second-order valence-corrected chi connectivity index (χ2v) is 5.85. The lowest BCUT2D eigenvalue weighted by Crippen LogP contribution is -2.47. The van der Waals surface area contributed by atoms with Crippen LogP contribution in [0.15, 0.2) is 18.2 Å². The summed E-state index contributed by atoms with van der Waals surface area (Å²) in [4.78, 5) is 35.8. The van der Waals surface area contributed by atoms with E-state index < -0.39 is 30.5 Å². The Morgan fingerprint density at radius 2 is 1.88 bits per heavy atom. The molecule has 0 spiro atoms. The van der Waals surface area contributed by atoms with E-state index in [0.717, 1.165) is 11.1 Å². The molecule has 6 heteroatoms. The molecule has 1 amide bonds. The van der Waals surface area contributed by atoms with Gasteiger partial charge >= 0.3 is 11.9 Å². The number of ether oxygens (including phenoxy) is 2. The largest absolute Gasteiger partial charge is 0.467 e. The van der Waals surface area contributed by atoms with E-state index in [2.05, 4.69) is 5.32 Å². The topological polar surface area (TPSA) is 81.7 Å². The van der Waals surface area contributed by atoms with Crippen LogP contribution in [0.5, 0.6) is 0 Å². The van der Waals surface area contributed by atoms with E-state index in [1.807, 2.05) is 26.8 Å². The Hall–Kier alpha value is -2.37. The van der Waals surface area contributed by atoms with E-state index in [1.165, 1.54) is 7.11 Å². The smallest absolute Gasteiger partial charge is 0.338 e. The summed E-state index contributed by atoms with van der Waals surface area (Å²) in [5.41, 5.74) is 2.24. The van der Waals surface area contributed by atoms with Crippen LogP contribution in [-0.4, -0.2) is 37.6 Å². The van der Waals surface area contributed by atoms with Crippen molar-refractivity contribution in [2.75, 3.05) is 13.7 Å². The van der Waals surface area contributed by atoms with E-state index in [-0.39, 0.29) is 5.92 Å². The predicted octanol–water partition coefficient (Wildman–Crippen LogP) is 2.16. The second kappa shape index (κ2) is 9.05. The fraction of sp³-hybridized carbons (Fsp3) is 0.500. The fourth-order valence-corrected chi connectivity index (χ4v) is 2.26. The Morgan fingerprint density at radius 1 is 1.21 bits per heavy atom. The van der Waals surface area contributed by atoms with Crippen LogP contribution < -0.4 is 5.32 Å². The maximum atomic E-state index is 12.1. The van der Waals surface area contributed by atoms with Gasteiger partial charge in [-0.15, -0.1) is 0 Å². The first-order valence-corrected chi connectivity index (χ1v) is 7.91. The second-order valence-electron chi connectivity index (χ2n) is 5.85. The Labute approximate surface area is 142 Å². The van der Waals surface area contributed by atoms with Crippen LogP contribution in [0.25, 0.3) is 0 Å². The monoisotopic (exact) mass is 335 g/mol. The van der Waals surface area contributed by atoms with Gasteiger partial charge in [0.2, 0.25) is 0 Å². The third kappa shape index (κ3) is 5.37. The summed E-state index contributed by atoms with van der Waals surface area (Å²) >= 11 is 0. The summed E-state index contributed by atoms with van der Waals surface area (Å²) < 4.78 is 9.73. The number of nitrogens with one attached hydrogen (secondary N) is 1. The van der Waals surface area contributed by atoms with Gasteiger partial charge in [0.05, 0.1) is 12.7 Å². The Morgan fingerprint density at radius 3 is 2.42 bits per heavy atom. The molecule has 0 fully saturated rings. The van der Waals surface area contributed by atoms with Gasteiger partial charge in [0.1, 0.15) is 6.04 Å². The highest BCUT2D eigenvalue weighted by molar-refractivity contribution is 5.93. The van der Waals surface area contributed by atoms with Gasteiger partial charge in [0.25, 0.3) is 5.91 Å². The zero-order chi connectivity index (χ0) is 18.3. The van der Waals surface area contributed by atoms with Crippen molar-refractivity contribution in [3.63, 3.8) is 0 Å². The molecule has 0 aromatic heterocycles. The first-order chi connectivity index (χ1) is 11.3. The molecule has 0 bridgehead atoms. The summed E-state index contributed by atoms with van der Waals surface area (Å²) in [5, 5.41) is 2.56. The number of benzene rings is 1. The van der Waals surface area contributed by atoms with Gasteiger partial charge in [0.15, 0.2) is 6.61 Å². The molecule has 2 atom stereocenters. The quantitative estimate of drug-likeness (QED) is 0.772. The average molecular weight is 335 g/mol. The maximum Gasteiger partial charge on any atom is 0.338 e. The highest BCUT2D eigenvalue weighted by Crippen LogP contribution is 2.12. The van der Waals surface area contributed by atoms with E-state index in [0.29, 0.717) is 12.0 Å². The molecule has 24 heavy (non-hydrogen) atoms. The molecule has 0 saturated heterocycles. The van der Waals surface area contributed by atoms with E-state index in [1.54, 1.807) is 19.1 Å². The highest BCUT2D eigenvalue weighted by atomic mass is 16.5. The van der Waals surface area contributed by atoms with Gasteiger partial charge in [-0.25, -0.2) is 9.59 Å². The zero-order valence-corrected chi connectivity index (χ0v) is 14.8. The average Bonchev–Trinajstić information content (AvgIpc) is 2.56. The van der Waals surface area contributed by atoms with E-state index in [4.69, 9.17) is 9.47 Å². The summed E-state index contributed by atoms with van der Waals surface area (Å²) in [6, 6.07) is 4.58. The van der Waals surface area contributed by atoms with Crippen LogP contribution in [0.3, 0.4) is 0 Å². The Balaban J connectivity index is 2.64. The Kier molecular flexibility index (Phi) is 7.42. The van der Waals surface area contributed by atoms with Crippen LogP contribution in [0.1, 0.15) is 41.8 Å².